The van der Waals surface area contributed by atoms with Crippen molar-refractivity contribution in [1.82, 2.24) is 4.57 Å². The lowest BCUT2D eigenvalue weighted by Crippen LogP contribution is -2.27. The lowest BCUT2D eigenvalue weighted by atomic mass is 10.2. The predicted octanol–water partition coefficient (Wildman–Crippen LogP) is 7.05. The van der Waals surface area contributed by atoms with Crippen molar-refractivity contribution < 1.29 is 18.7 Å². The van der Waals surface area contributed by atoms with Crippen molar-refractivity contribution in [2.75, 3.05) is 4.90 Å². The molecule has 0 aliphatic carbocycles. The minimum Gasteiger partial charge on any atom is -0.489 e. The maximum Gasteiger partial charge on any atom is 0.298 e. The molecular weight excluding hydrogens is 475 g/mol. The van der Waals surface area contributed by atoms with Crippen molar-refractivity contribution in [3.8, 4) is 11.4 Å². The molecule has 0 N–H and O–H groups in total. The van der Waals surface area contributed by atoms with Crippen LogP contribution in [0.1, 0.15) is 22.5 Å². The Hall–Kier alpha value is -4.10. The summed E-state index contributed by atoms with van der Waals surface area (Å²) in [5.41, 5.74) is 5.24. The minimum absolute atomic E-state index is 0.272. The Kier molecular flexibility index (Phi) is 6.48. The lowest BCUT2D eigenvalue weighted by Gasteiger charge is -2.12. The van der Waals surface area contributed by atoms with Crippen LogP contribution in [-0.4, -0.2) is 15.7 Å². The molecular formula is C29H23FN2O3S. The van der Waals surface area contributed by atoms with E-state index in [-0.39, 0.29) is 17.0 Å². The second-order valence-electron chi connectivity index (χ2n) is 8.42. The quantitative estimate of drug-likeness (QED) is 0.267. The second kappa shape index (κ2) is 9.87. The Morgan fingerprint density at radius 3 is 2.28 bits per heavy atom. The molecule has 1 aliphatic rings. The number of aromatic nitrogens is 1. The van der Waals surface area contributed by atoms with E-state index >= 15 is 0 Å². The molecule has 1 saturated heterocycles. The fourth-order valence-corrected chi connectivity index (χ4v) is 5.01. The number of carbonyl (C=O) groups excluding carboxylic acids is 2. The molecule has 0 atom stereocenters. The molecule has 0 bridgehead atoms. The number of imide groups is 1. The first-order chi connectivity index (χ1) is 17.4. The fraction of sp³-hybridized carbons (Fsp3) is 0.103. The number of aryl methyl sites for hydroxylation is 1. The number of hydrogen-bond donors (Lipinski definition) is 0. The highest BCUT2D eigenvalue weighted by Crippen LogP contribution is 2.36. The van der Waals surface area contributed by atoms with Crippen LogP contribution in [0.25, 0.3) is 11.8 Å². The van der Waals surface area contributed by atoms with Crippen molar-refractivity contribution in [3.05, 3.63) is 118 Å². The maximum absolute atomic E-state index is 13.1. The lowest BCUT2D eigenvalue weighted by molar-refractivity contribution is -0.113. The number of rotatable bonds is 6. The summed E-state index contributed by atoms with van der Waals surface area (Å²) in [6.45, 7) is 4.33. The van der Waals surface area contributed by atoms with Crippen LogP contribution >= 0.6 is 11.8 Å². The van der Waals surface area contributed by atoms with E-state index in [2.05, 4.69) is 4.57 Å². The summed E-state index contributed by atoms with van der Waals surface area (Å²) in [6.07, 6.45) is 1.78. The largest absolute Gasteiger partial charge is 0.489 e. The zero-order valence-electron chi connectivity index (χ0n) is 19.8. The van der Waals surface area contributed by atoms with E-state index in [0.717, 1.165) is 40.0 Å². The molecule has 36 heavy (non-hydrogen) atoms. The molecule has 0 radical (unpaired) electrons. The molecule has 3 aromatic carbocycles. The molecule has 0 spiro atoms. The van der Waals surface area contributed by atoms with Crippen LogP contribution in [0.2, 0.25) is 0 Å². The summed E-state index contributed by atoms with van der Waals surface area (Å²) in [4.78, 5) is 27.1. The van der Waals surface area contributed by atoms with Gasteiger partial charge in [-0.3, -0.25) is 9.59 Å². The zero-order valence-corrected chi connectivity index (χ0v) is 20.6. The Bertz CT molecular complexity index is 1460. The van der Waals surface area contributed by atoms with Gasteiger partial charge in [-0.05, 0) is 97.4 Å². The van der Waals surface area contributed by atoms with Crippen molar-refractivity contribution in [3.63, 3.8) is 0 Å². The summed E-state index contributed by atoms with van der Waals surface area (Å²) in [5, 5.41) is -0.303. The molecule has 5 rings (SSSR count). The molecule has 4 aromatic rings. The predicted molar refractivity (Wildman–Crippen MR) is 141 cm³/mol. The van der Waals surface area contributed by atoms with E-state index in [1.54, 1.807) is 42.5 Å². The smallest absolute Gasteiger partial charge is 0.298 e. The Balaban J connectivity index is 1.35. The molecule has 0 saturated carbocycles. The molecule has 1 aromatic heterocycles. The first kappa shape index (κ1) is 23.6. The normalized spacial score (nSPS) is 14.6. The van der Waals surface area contributed by atoms with Crippen LogP contribution in [0.4, 0.5) is 14.9 Å². The first-order valence-corrected chi connectivity index (χ1v) is 12.2. The number of benzene rings is 3. The zero-order chi connectivity index (χ0) is 25.2. The third-order valence-electron chi connectivity index (χ3n) is 5.98. The van der Waals surface area contributed by atoms with E-state index < -0.39 is 0 Å². The highest BCUT2D eigenvalue weighted by atomic mass is 32.2. The Labute approximate surface area is 212 Å². The van der Waals surface area contributed by atoms with E-state index in [0.29, 0.717) is 22.9 Å². The summed E-state index contributed by atoms with van der Waals surface area (Å²) < 4.78 is 21.0. The molecule has 7 heteroatoms. The van der Waals surface area contributed by atoms with Gasteiger partial charge in [0.1, 0.15) is 18.2 Å². The van der Waals surface area contributed by atoms with Gasteiger partial charge in [0.2, 0.25) is 0 Å². The number of ether oxygens (including phenoxy) is 1. The average molecular weight is 499 g/mol. The molecule has 5 nitrogen and oxygen atoms in total. The number of nitrogens with zero attached hydrogens (tertiary/aromatic N) is 2. The monoisotopic (exact) mass is 498 g/mol. The van der Waals surface area contributed by atoms with Gasteiger partial charge in [-0.15, -0.1) is 0 Å². The second-order valence-corrected chi connectivity index (χ2v) is 9.42. The number of para-hydroxylation sites is 1. The van der Waals surface area contributed by atoms with Crippen molar-refractivity contribution in [1.29, 1.82) is 0 Å². The van der Waals surface area contributed by atoms with Crippen LogP contribution in [0, 0.1) is 19.7 Å². The Morgan fingerprint density at radius 1 is 0.889 bits per heavy atom. The molecule has 180 valence electrons. The van der Waals surface area contributed by atoms with E-state index in [4.69, 9.17) is 4.74 Å². The first-order valence-electron chi connectivity index (χ1n) is 11.4. The minimum atomic E-state index is -0.316. The van der Waals surface area contributed by atoms with Gasteiger partial charge in [0, 0.05) is 17.1 Å². The molecule has 2 heterocycles. The highest BCUT2D eigenvalue weighted by molar-refractivity contribution is 8.19. The maximum atomic E-state index is 13.1. The summed E-state index contributed by atoms with van der Waals surface area (Å²) in [6, 6.07) is 24.9. The average Bonchev–Trinajstić information content (AvgIpc) is 3.32. The van der Waals surface area contributed by atoms with Gasteiger partial charge in [-0.1, -0.05) is 30.3 Å². The summed E-state index contributed by atoms with van der Waals surface area (Å²) in [7, 11) is 0. The number of amides is 2. The third-order valence-corrected chi connectivity index (χ3v) is 6.85. The van der Waals surface area contributed by atoms with Gasteiger partial charge in [-0.2, -0.15) is 0 Å². The summed E-state index contributed by atoms with van der Waals surface area (Å²) >= 11 is 0.949. The molecule has 1 aliphatic heterocycles. The van der Waals surface area contributed by atoms with Gasteiger partial charge < -0.3 is 9.30 Å². The molecule has 2 amide bonds. The van der Waals surface area contributed by atoms with Crippen molar-refractivity contribution >= 4 is 34.7 Å². The number of thioether (sulfide) groups is 1. The molecule has 0 unspecified atom stereocenters. The third kappa shape index (κ3) is 4.70. The highest BCUT2D eigenvalue weighted by Gasteiger charge is 2.36. The van der Waals surface area contributed by atoms with Crippen LogP contribution in [-0.2, 0) is 11.4 Å². The molecule has 1 fully saturated rings. The summed E-state index contributed by atoms with van der Waals surface area (Å²) in [5.74, 6) is 0.121. The number of halogens is 1. The van der Waals surface area contributed by atoms with Gasteiger partial charge in [0.15, 0.2) is 0 Å². The Morgan fingerprint density at radius 2 is 1.58 bits per heavy atom. The van der Waals surface area contributed by atoms with Gasteiger partial charge in [-0.25, -0.2) is 9.29 Å². The van der Waals surface area contributed by atoms with E-state index in [1.807, 2.05) is 50.2 Å². The number of carbonyl (C=O) groups is 2. The van der Waals surface area contributed by atoms with Gasteiger partial charge >= 0.3 is 0 Å². The van der Waals surface area contributed by atoms with Crippen LogP contribution in [0.3, 0.4) is 0 Å². The number of hydrogen-bond acceptors (Lipinski definition) is 4. The SMILES string of the molecule is Cc1cc(/C=C2/SC(=O)N(c3ccccc3)C2=O)c(C)n1-c1ccc(OCc2ccc(F)cc2)cc1. The van der Waals surface area contributed by atoms with Crippen molar-refractivity contribution in [2.24, 2.45) is 0 Å². The number of anilines is 1. The van der Waals surface area contributed by atoms with Gasteiger partial charge in [0.05, 0.1) is 10.6 Å². The van der Waals surface area contributed by atoms with Crippen LogP contribution in [0.5, 0.6) is 5.75 Å². The standard InChI is InChI=1S/C29H23FN2O3S/c1-19-16-22(17-27-28(33)32(29(34)36-27)24-6-4-3-5-7-24)20(2)31(19)25-12-14-26(15-13-25)35-18-21-8-10-23(30)11-9-21/h3-17H,18H2,1-2H3/b27-17+. The van der Waals surface area contributed by atoms with Crippen molar-refractivity contribution in [2.45, 2.75) is 20.5 Å². The van der Waals surface area contributed by atoms with E-state index in [9.17, 15) is 14.0 Å². The van der Waals surface area contributed by atoms with E-state index in [1.165, 1.54) is 17.0 Å². The fourth-order valence-electron chi connectivity index (χ4n) is 4.18. The van der Waals surface area contributed by atoms with Gasteiger partial charge in [0.25, 0.3) is 11.1 Å². The topological polar surface area (TPSA) is 51.5 Å². The van der Waals surface area contributed by atoms with Crippen LogP contribution in [0.15, 0.2) is 89.8 Å². The van der Waals surface area contributed by atoms with Crippen LogP contribution < -0.4 is 9.64 Å².